The normalized spacial score (nSPS) is 11.7. The van der Waals surface area contributed by atoms with E-state index in [9.17, 15) is 0 Å². The third kappa shape index (κ3) is 4.14. The molecule has 0 aliphatic carbocycles. The first-order valence-corrected chi connectivity index (χ1v) is 7.38. The third-order valence-electron chi connectivity index (χ3n) is 3.04. The second-order valence-electron chi connectivity index (χ2n) is 4.65. The van der Waals surface area contributed by atoms with Crippen molar-refractivity contribution >= 4 is 22.4 Å². The van der Waals surface area contributed by atoms with E-state index < -0.39 is 0 Å². The van der Waals surface area contributed by atoms with Gasteiger partial charge in [-0.3, -0.25) is 0 Å². The average molecular weight is 287 g/mol. The van der Waals surface area contributed by atoms with Gasteiger partial charge in [0.25, 0.3) is 0 Å². The minimum Gasteiger partial charge on any atom is -0.490 e. The van der Waals surface area contributed by atoms with Crippen molar-refractivity contribution in [3.8, 4) is 5.75 Å². The van der Waals surface area contributed by atoms with E-state index in [0.717, 1.165) is 22.9 Å². The summed E-state index contributed by atoms with van der Waals surface area (Å²) in [6.45, 7) is 2.05. The van der Waals surface area contributed by atoms with Crippen molar-refractivity contribution in [1.29, 1.82) is 0 Å². The maximum absolute atomic E-state index is 6.01. The molecule has 0 spiro atoms. The molecule has 0 unspecified atom stereocenters. The van der Waals surface area contributed by atoms with Crippen molar-refractivity contribution in [3.63, 3.8) is 0 Å². The van der Waals surface area contributed by atoms with E-state index in [0.29, 0.717) is 5.88 Å². The van der Waals surface area contributed by atoms with Crippen molar-refractivity contribution in [1.82, 2.24) is 0 Å². The van der Waals surface area contributed by atoms with Crippen molar-refractivity contribution in [2.24, 2.45) is 0 Å². The summed E-state index contributed by atoms with van der Waals surface area (Å²) in [5, 5.41) is 2.25. The lowest BCUT2D eigenvalue weighted by Gasteiger charge is -2.14. The first kappa shape index (κ1) is 14.7. The maximum Gasteiger partial charge on any atom is 0.127 e. The number of hydrogen-bond acceptors (Lipinski definition) is 1. The summed E-state index contributed by atoms with van der Waals surface area (Å²) in [5.74, 6) is 1.51. The molecule has 0 N–H and O–H groups in total. The van der Waals surface area contributed by atoms with Gasteiger partial charge in [0.1, 0.15) is 5.75 Å². The highest BCUT2D eigenvalue weighted by molar-refractivity contribution is 6.17. The highest BCUT2D eigenvalue weighted by atomic mass is 35.5. The van der Waals surface area contributed by atoms with Gasteiger partial charge in [0.05, 0.1) is 6.10 Å². The smallest absolute Gasteiger partial charge is 0.127 e. The quantitative estimate of drug-likeness (QED) is 0.688. The zero-order chi connectivity index (χ0) is 14.2. The Morgan fingerprint density at radius 3 is 2.30 bits per heavy atom. The van der Waals surface area contributed by atoms with Crippen LogP contribution in [0, 0.1) is 0 Å². The minimum absolute atomic E-state index is 0.113. The highest BCUT2D eigenvalue weighted by Gasteiger charge is 2.05. The van der Waals surface area contributed by atoms with E-state index in [4.69, 9.17) is 16.3 Å². The number of alkyl halides is 1. The van der Waals surface area contributed by atoms with Gasteiger partial charge in [-0.05, 0) is 24.8 Å². The Morgan fingerprint density at radius 1 is 0.900 bits per heavy atom. The molecule has 2 aromatic rings. The van der Waals surface area contributed by atoms with Gasteiger partial charge in [0.15, 0.2) is 0 Å². The fourth-order valence-corrected chi connectivity index (χ4v) is 2.29. The van der Waals surface area contributed by atoms with Crippen LogP contribution < -0.4 is 4.74 Å². The van der Waals surface area contributed by atoms with Crippen LogP contribution in [-0.2, 0) is 0 Å². The van der Waals surface area contributed by atoms with Gasteiger partial charge in [-0.15, -0.1) is 11.6 Å². The van der Waals surface area contributed by atoms with Crippen LogP contribution in [0.3, 0.4) is 0 Å². The number of benzene rings is 1. The lowest BCUT2D eigenvalue weighted by Crippen LogP contribution is -2.12. The monoisotopic (exact) mass is 286 g/mol. The maximum atomic E-state index is 6.01. The van der Waals surface area contributed by atoms with Gasteiger partial charge in [-0.2, -0.15) is 0 Å². The van der Waals surface area contributed by atoms with Crippen LogP contribution >= 0.6 is 11.6 Å². The number of halogens is 1. The van der Waals surface area contributed by atoms with Gasteiger partial charge >= 0.3 is 0 Å². The van der Waals surface area contributed by atoms with E-state index in [1.807, 2.05) is 55.5 Å². The molecular weight excluding hydrogens is 268 g/mol. The molecule has 0 bridgehead atoms. The van der Waals surface area contributed by atoms with Gasteiger partial charge in [-0.25, -0.2) is 0 Å². The first-order chi connectivity index (χ1) is 9.81. The summed E-state index contributed by atoms with van der Waals surface area (Å²) in [7, 11) is 0. The van der Waals surface area contributed by atoms with Crippen LogP contribution in [0.15, 0.2) is 66.7 Å². The fraction of sp³-hybridized carbons (Fsp3) is 0.222. The topological polar surface area (TPSA) is 9.23 Å². The van der Waals surface area contributed by atoms with Crippen LogP contribution in [-0.4, -0.2) is 12.0 Å². The molecule has 0 heterocycles. The zero-order valence-corrected chi connectivity index (χ0v) is 12.4. The summed E-state index contributed by atoms with van der Waals surface area (Å²) in [6, 6.07) is 22.4. The van der Waals surface area contributed by atoms with Crippen molar-refractivity contribution in [3.05, 3.63) is 66.7 Å². The fourth-order valence-electron chi connectivity index (χ4n) is 1.98. The van der Waals surface area contributed by atoms with Crippen LogP contribution in [0.4, 0.5) is 0 Å². The summed E-state index contributed by atoms with van der Waals surface area (Å²) >= 11 is 5.77. The molecule has 0 radical (unpaired) electrons. The van der Waals surface area contributed by atoms with Crippen LogP contribution in [0.2, 0.25) is 0 Å². The van der Waals surface area contributed by atoms with Gasteiger partial charge in [0.2, 0.25) is 0 Å². The third-order valence-corrected chi connectivity index (χ3v) is 3.26. The van der Waals surface area contributed by atoms with Crippen molar-refractivity contribution < 1.29 is 4.74 Å². The lowest BCUT2D eigenvalue weighted by molar-refractivity contribution is 0.221. The van der Waals surface area contributed by atoms with E-state index >= 15 is 0 Å². The SMILES string of the molecule is C[C@@H](CCCl)Oc1cccc2ccccccccc12. The van der Waals surface area contributed by atoms with Crippen molar-refractivity contribution in [2.75, 3.05) is 5.88 Å². The van der Waals surface area contributed by atoms with E-state index in [-0.39, 0.29) is 6.10 Å². The largest absolute Gasteiger partial charge is 0.490 e. The second kappa shape index (κ2) is 7.76. The molecule has 1 atom stereocenters. The molecule has 0 saturated carbocycles. The number of hydrogen-bond donors (Lipinski definition) is 0. The van der Waals surface area contributed by atoms with Crippen LogP contribution in [0.25, 0.3) is 10.8 Å². The Morgan fingerprint density at radius 2 is 1.55 bits per heavy atom. The van der Waals surface area contributed by atoms with Gasteiger partial charge in [-0.1, -0.05) is 60.7 Å². The molecule has 20 heavy (non-hydrogen) atoms. The second-order valence-corrected chi connectivity index (χ2v) is 5.03. The molecule has 0 amide bonds. The molecule has 104 valence electrons. The number of ether oxygens (including phenoxy) is 1. The Bertz CT molecular complexity index is 608. The molecule has 0 saturated heterocycles. The Labute approximate surface area is 125 Å². The Kier molecular flexibility index (Phi) is 5.69. The van der Waals surface area contributed by atoms with Gasteiger partial charge in [0, 0.05) is 11.3 Å². The molecule has 0 fully saturated rings. The number of rotatable bonds is 4. The van der Waals surface area contributed by atoms with E-state index in [1.165, 1.54) is 0 Å². The minimum atomic E-state index is 0.113. The first-order valence-electron chi connectivity index (χ1n) is 6.85. The summed E-state index contributed by atoms with van der Waals surface area (Å²) < 4.78 is 6.01. The molecule has 0 aliphatic rings. The van der Waals surface area contributed by atoms with E-state index in [2.05, 4.69) is 18.2 Å². The molecule has 0 aromatic heterocycles. The van der Waals surface area contributed by atoms with E-state index in [1.54, 1.807) is 0 Å². The molecule has 0 aliphatic heterocycles. The standard InChI is InChI=1S/C18H19ClO/c1-15(13-14-19)20-18-12-8-10-16-9-6-4-2-3-5-7-11-17(16)18/h2-12,15H,13-14H2,1H3/t15-/m0/s1. The number of fused-ring (bicyclic) bond motifs is 1. The average Bonchev–Trinajstić information content (AvgIpc) is 2.45. The Hall–Kier alpha value is -1.73. The summed E-state index contributed by atoms with van der Waals surface area (Å²) in [4.78, 5) is 0. The summed E-state index contributed by atoms with van der Waals surface area (Å²) in [5.41, 5.74) is 0. The molecular formula is C18H19ClO. The zero-order valence-electron chi connectivity index (χ0n) is 11.6. The van der Waals surface area contributed by atoms with Gasteiger partial charge < -0.3 is 4.74 Å². The van der Waals surface area contributed by atoms with Crippen molar-refractivity contribution in [2.45, 2.75) is 19.4 Å². The predicted molar refractivity (Wildman–Crippen MR) is 87.0 cm³/mol. The Balaban J connectivity index is 2.50. The summed E-state index contributed by atoms with van der Waals surface area (Å²) in [6.07, 6.45) is 0.954. The predicted octanol–water partition coefficient (Wildman–Crippen LogP) is 5.36. The molecule has 1 nitrogen and oxygen atoms in total. The molecule has 2 rings (SSSR count). The molecule has 2 aromatic carbocycles. The molecule has 2 heteroatoms. The van der Waals surface area contributed by atoms with Crippen LogP contribution in [0.5, 0.6) is 5.75 Å². The lowest BCUT2D eigenvalue weighted by atomic mass is 10.1. The highest BCUT2D eigenvalue weighted by Crippen LogP contribution is 2.25. The van der Waals surface area contributed by atoms with Crippen LogP contribution in [0.1, 0.15) is 13.3 Å².